The predicted molar refractivity (Wildman–Crippen MR) is 62.8 cm³/mol. The molecule has 2 nitrogen and oxygen atoms in total. The monoisotopic (exact) mass is 212 g/mol. The maximum absolute atomic E-state index is 12.0. The number of hydrogen-bond acceptors (Lipinski definition) is 2. The number of Topliss-reactive ketones (excluding diaryl/α,β-unsaturated/α-hetero) is 2. The Hall–Kier alpha value is -0.660. The van der Waals surface area contributed by atoms with Gasteiger partial charge in [0.1, 0.15) is 11.6 Å². The third kappa shape index (κ3) is 3.77. The molecule has 0 aliphatic carbocycles. The zero-order chi connectivity index (χ0) is 11.9. The Balaban J connectivity index is 4.33. The summed E-state index contributed by atoms with van der Waals surface area (Å²) < 4.78 is 0. The van der Waals surface area contributed by atoms with Gasteiger partial charge in [-0.2, -0.15) is 0 Å². The van der Waals surface area contributed by atoms with Crippen LogP contribution in [-0.4, -0.2) is 11.6 Å². The zero-order valence-electron chi connectivity index (χ0n) is 10.6. The molecule has 0 aromatic heterocycles. The SMILES string of the molecule is CCC(=O)CCC(=O)C(CC)(CC)CC. The van der Waals surface area contributed by atoms with E-state index in [1.54, 1.807) is 0 Å². The Labute approximate surface area is 93.4 Å². The Kier molecular flexibility index (Phi) is 6.46. The molecule has 0 aliphatic rings. The summed E-state index contributed by atoms with van der Waals surface area (Å²) in [6.07, 6.45) is 4.07. The van der Waals surface area contributed by atoms with Crippen LogP contribution in [0.3, 0.4) is 0 Å². The van der Waals surface area contributed by atoms with Gasteiger partial charge in [0.05, 0.1) is 0 Å². The van der Waals surface area contributed by atoms with Crippen molar-refractivity contribution >= 4 is 11.6 Å². The van der Waals surface area contributed by atoms with Gasteiger partial charge >= 0.3 is 0 Å². The van der Waals surface area contributed by atoms with Crippen molar-refractivity contribution in [3.8, 4) is 0 Å². The first kappa shape index (κ1) is 14.3. The van der Waals surface area contributed by atoms with Crippen molar-refractivity contribution in [3.63, 3.8) is 0 Å². The normalized spacial score (nSPS) is 11.5. The minimum Gasteiger partial charge on any atom is -0.300 e. The first-order chi connectivity index (χ1) is 7.06. The molecular formula is C13H24O2. The fraction of sp³-hybridized carbons (Fsp3) is 0.846. The van der Waals surface area contributed by atoms with Crippen LogP contribution in [0.5, 0.6) is 0 Å². The zero-order valence-corrected chi connectivity index (χ0v) is 10.6. The molecule has 0 N–H and O–H groups in total. The molecule has 0 atom stereocenters. The Morgan fingerprint density at radius 1 is 0.867 bits per heavy atom. The predicted octanol–water partition coefficient (Wildman–Crippen LogP) is 3.53. The van der Waals surface area contributed by atoms with Gasteiger partial charge in [-0.05, 0) is 19.3 Å². The van der Waals surface area contributed by atoms with Gasteiger partial charge in [-0.25, -0.2) is 0 Å². The molecule has 0 aliphatic heterocycles. The second-order valence-corrected chi connectivity index (χ2v) is 4.16. The van der Waals surface area contributed by atoms with Gasteiger partial charge in [0.25, 0.3) is 0 Å². The molecular weight excluding hydrogens is 188 g/mol. The standard InChI is InChI=1S/C13H24O2/c1-5-11(14)9-10-12(15)13(6-2,7-3)8-4/h5-10H2,1-4H3. The third-order valence-electron chi connectivity index (χ3n) is 3.65. The van der Waals surface area contributed by atoms with Gasteiger partial charge in [-0.3, -0.25) is 9.59 Å². The molecule has 0 saturated heterocycles. The fourth-order valence-corrected chi connectivity index (χ4v) is 2.04. The minimum atomic E-state index is -0.173. The number of hydrogen-bond donors (Lipinski definition) is 0. The second-order valence-electron chi connectivity index (χ2n) is 4.16. The number of carbonyl (C=O) groups excluding carboxylic acids is 2. The summed E-state index contributed by atoms with van der Waals surface area (Å²) in [6.45, 7) is 8.03. The van der Waals surface area contributed by atoms with Gasteiger partial charge in [0.15, 0.2) is 0 Å². The first-order valence-corrected chi connectivity index (χ1v) is 6.11. The van der Waals surface area contributed by atoms with Crippen molar-refractivity contribution in [2.24, 2.45) is 5.41 Å². The van der Waals surface area contributed by atoms with Crippen LogP contribution < -0.4 is 0 Å². The summed E-state index contributed by atoms with van der Waals surface area (Å²) in [6, 6.07) is 0. The van der Waals surface area contributed by atoms with Gasteiger partial charge in [-0.15, -0.1) is 0 Å². The van der Waals surface area contributed by atoms with E-state index in [4.69, 9.17) is 0 Å². The molecule has 0 amide bonds. The van der Waals surface area contributed by atoms with E-state index < -0.39 is 0 Å². The first-order valence-electron chi connectivity index (χ1n) is 6.11. The average molecular weight is 212 g/mol. The summed E-state index contributed by atoms with van der Waals surface area (Å²) in [7, 11) is 0. The number of rotatable bonds is 8. The lowest BCUT2D eigenvalue weighted by Gasteiger charge is -2.28. The average Bonchev–Trinajstić information content (AvgIpc) is 2.28. The van der Waals surface area contributed by atoms with Crippen molar-refractivity contribution in [1.82, 2.24) is 0 Å². The molecule has 0 radical (unpaired) electrons. The molecule has 0 fully saturated rings. The van der Waals surface area contributed by atoms with Crippen LogP contribution in [0.2, 0.25) is 0 Å². The molecule has 15 heavy (non-hydrogen) atoms. The maximum Gasteiger partial charge on any atom is 0.139 e. The lowest BCUT2D eigenvalue weighted by atomic mass is 9.74. The van der Waals surface area contributed by atoms with E-state index in [1.807, 2.05) is 6.92 Å². The molecule has 0 spiro atoms. The van der Waals surface area contributed by atoms with Crippen LogP contribution >= 0.6 is 0 Å². The largest absolute Gasteiger partial charge is 0.300 e. The van der Waals surface area contributed by atoms with Crippen LogP contribution in [0.4, 0.5) is 0 Å². The summed E-state index contributed by atoms with van der Waals surface area (Å²) in [4.78, 5) is 23.2. The van der Waals surface area contributed by atoms with Crippen LogP contribution in [0.15, 0.2) is 0 Å². The Morgan fingerprint density at radius 2 is 1.33 bits per heavy atom. The molecule has 0 unspecified atom stereocenters. The fourth-order valence-electron chi connectivity index (χ4n) is 2.04. The van der Waals surface area contributed by atoms with Crippen LogP contribution in [-0.2, 0) is 9.59 Å². The van der Waals surface area contributed by atoms with E-state index in [0.29, 0.717) is 19.3 Å². The molecule has 2 heteroatoms. The van der Waals surface area contributed by atoms with Crippen LogP contribution in [0, 0.1) is 5.41 Å². The van der Waals surface area contributed by atoms with E-state index in [0.717, 1.165) is 19.3 Å². The summed E-state index contributed by atoms with van der Waals surface area (Å²) in [5.74, 6) is 0.470. The number of carbonyl (C=O) groups is 2. The molecule has 0 aromatic rings. The Bertz CT molecular complexity index is 206. The van der Waals surface area contributed by atoms with Crippen molar-refractivity contribution < 1.29 is 9.59 Å². The molecule has 88 valence electrons. The lowest BCUT2D eigenvalue weighted by molar-refractivity contribution is -0.131. The molecule has 0 heterocycles. The van der Waals surface area contributed by atoms with Gasteiger partial charge in [0.2, 0.25) is 0 Å². The summed E-state index contributed by atoms with van der Waals surface area (Å²) in [5, 5.41) is 0. The van der Waals surface area contributed by atoms with Crippen molar-refractivity contribution in [3.05, 3.63) is 0 Å². The quantitative estimate of drug-likeness (QED) is 0.616. The van der Waals surface area contributed by atoms with Crippen molar-refractivity contribution in [2.75, 3.05) is 0 Å². The van der Waals surface area contributed by atoms with Crippen LogP contribution in [0.25, 0.3) is 0 Å². The van der Waals surface area contributed by atoms with Gasteiger partial charge < -0.3 is 0 Å². The minimum absolute atomic E-state index is 0.173. The molecule has 0 rings (SSSR count). The smallest absolute Gasteiger partial charge is 0.139 e. The van der Waals surface area contributed by atoms with Crippen molar-refractivity contribution in [1.29, 1.82) is 0 Å². The highest BCUT2D eigenvalue weighted by Gasteiger charge is 2.31. The van der Waals surface area contributed by atoms with Crippen molar-refractivity contribution in [2.45, 2.75) is 66.2 Å². The summed E-state index contributed by atoms with van der Waals surface area (Å²) >= 11 is 0. The molecule has 0 saturated carbocycles. The topological polar surface area (TPSA) is 34.1 Å². The highest BCUT2D eigenvalue weighted by Crippen LogP contribution is 2.33. The third-order valence-corrected chi connectivity index (χ3v) is 3.65. The van der Waals surface area contributed by atoms with Gasteiger partial charge in [0, 0.05) is 24.7 Å². The van der Waals surface area contributed by atoms with E-state index in [-0.39, 0.29) is 17.0 Å². The van der Waals surface area contributed by atoms with Gasteiger partial charge in [-0.1, -0.05) is 27.7 Å². The highest BCUT2D eigenvalue weighted by molar-refractivity contribution is 5.89. The lowest BCUT2D eigenvalue weighted by Crippen LogP contribution is -2.29. The van der Waals surface area contributed by atoms with E-state index >= 15 is 0 Å². The highest BCUT2D eigenvalue weighted by atomic mass is 16.1. The molecule has 0 aromatic carbocycles. The Morgan fingerprint density at radius 3 is 1.67 bits per heavy atom. The van der Waals surface area contributed by atoms with E-state index in [1.165, 1.54) is 0 Å². The second kappa shape index (κ2) is 6.76. The summed E-state index contributed by atoms with van der Waals surface area (Å²) in [5.41, 5.74) is -0.173. The number of ketones is 2. The molecule has 0 bridgehead atoms. The maximum atomic E-state index is 12.0. The van der Waals surface area contributed by atoms with E-state index in [9.17, 15) is 9.59 Å². The van der Waals surface area contributed by atoms with Crippen LogP contribution in [0.1, 0.15) is 66.2 Å². The van der Waals surface area contributed by atoms with E-state index in [2.05, 4.69) is 20.8 Å².